The van der Waals surface area contributed by atoms with E-state index in [4.69, 9.17) is 4.74 Å². The Morgan fingerprint density at radius 3 is 2.43 bits per heavy atom. The van der Waals surface area contributed by atoms with Crippen molar-refractivity contribution in [3.8, 4) is 0 Å². The Hall–Kier alpha value is -1.94. The number of ether oxygens (including phenoxy) is 1. The monoisotopic (exact) mass is 433 g/mol. The van der Waals surface area contributed by atoms with Gasteiger partial charge in [-0.25, -0.2) is 4.39 Å². The van der Waals surface area contributed by atoms with Crippen LogP contribution >= 0.6 is 11.8 Å². The number of rotatable bonds is 5. The van der Waals surface area contributed by atoms with Crippen LogP contribution in [0.2, 0.25) is 0 Å². The molecule has 8 heteroatoms. The Morgan fingerprint density at radius 2 is 1.77 bits per heavy atom. The summed E-state index contributed by atoms with van der Waals surface area (Å²) < 4.78 is 22.0. The van der Waals surface area contributed by atoms with Crippen LogP contribution in [0.15, 0.2) is 53.6 Å². The van der Waals surface area contributed by atoms with Gasteiger partial charge < -0.3 is 29.7 Å². The third-order valence-corrected chi connectivity index (χ3v) is 6.32. The lowest BCUT2D eigenvalue weighted by Gasteiger charge is -2.40. The molecule has 3 aromatic rings. The molecule has 0 radical (unpaired) electrons. The number of nitrogens with zero attached hydrogens (tertiary/aromatic N) is 1. The molecule has 1 aromatic heterocycles. The summed E-state index contributed by atoms with van der Waals surface area (Å²) >= 11 is 1.64. The summed E-state index contributed by atoms with van der Waals surface area (Å²) in [6, 6.07) is 12.6. The fourth-order valence-electron chi connectivity index (χ4n) is 3.97. The fraction of sp³-hybridized carbons (Fsp3) is 0.364. The summed E-state index contributed by atoms with van der Waals surface area (Å²) in [4.78, 5) is 1.13. The highest BCUT2D eigenvalue weighted by molar-refractivity contribution is 7.98. The van der Waals surface area contributed by atoms with Crippen LogP contribution in [0.3, 0.4) is 0 Å². The first-order valence-electron chi connectivity index (χ1n) is 9.66. The van der Waals surface area contributed by atoms with Crippen molar-refractivity contribution in [1.29, 1.82) is 0 Å². The molecule has 30 heavy (non-hydrogen) atoms. The number of aromatic nitrogens is 1. The van der Waals surface area contributed by atoms with Crippen molar-refractivity contribution >= 4 is 22.7 Å². The van der Waals surface area contributed by atoms with Crippen LogP contribution in [0, 0.1) is 5.82 Å². The first-order chi connectivity index (χ1) is 14.4. The van der Waals surface area contributed by atoms with Crippen molar-refractivity contribution in [2.75, 3.05) is 12.9 Å². The predicted octanol–water partition coefficient (Wildman–Crippen LogP) is 2.07. The second-order valence-corrected chi connectivity index (χ2v) is 8.32. The van der Waals surface area contributed by atoms with E-state index in [0.717, 1.165) is 10.5 Å². The van der Waals surface area contributed by atoms with Crippen LogP contribution in [0.25, 0.3) is 10.9 Å². The normalized spacial score (nSPS) is 26.9. The summed E-state index contributed by atoms with van der Waals surface area (Å²) in [6.07, 6.45) is -2.36. The zero-order chi connectivity index (χ0) is 21.4. The Labute approximate surface area is 177 Å². The quantitative estimate of drug-likeness (QED) is 0.460. The van der Waals surface area contributed by atoms with Gasteiger partial charge in [0, 0.05) is 16.5 Å². The van der Waals surface area contributed by atoms with Gasteiger partial charge >= 0.3 is 0 Å². The summed E-state index contributed by atoms with van der Waals surface area (Å²) in [5.41, 5.74) is 2.20. The molecule has 4 rings (SSSR count). The van der Waals surface area contributed by atoms with E-state index in [1.807, 2.05) is 30.5 Å². The van der Waals surface area contributed by atoms with E-state index in [-0.39, 0.29) is 0 Å². The molecule has 2 aromatic carbocycles. The minimum atomic E-state index is -1.51. The van der Waals surface area contributed by atoms with E-state index in [9.17, 15) is 24.8 Å². The van der Waals surface area contributed by atoms with Crippen molar-refractivity contribution in [2.24, 2.45) is 0 Å². The van der Waals surface area contributed by atoms with Crippen molar-refractivity contribution in [1.82, 2.24) is 4.57 Å². The molecular formula is C22H24FNO5S. The minimum absolute atomic E-state index is 0.397. The molecule has 0 amide bonds. The molecule has 0 bridgehead atoms. The van der Waals surface area contributed by atoms with Crippen molar-refractivity contribution in [3.05, 3.63) is 65.6 Å². The van der Waals surface area contributed by atoms with E-state index in [0.29, 0.717) is 22.9 Å². The zero-order valence-electron chi connectivity index (χ0n) is 16.4. The van der Waals surface area contributed by atoms with Gasteiger partial charge in [0.1, 0.15) is 30.2 Å². The summed E-state index contributed by atoms with van der Waals surface area (Å²) in [5.74, 6) is -0.397. The van der Waals surface area contributed by atoms with Crippen LogP contribution in [0.1, 0.15) is 17.4 Å². The molecule has 0 saturated carbocycles. The first-order valence-corrected chi connectivity index (χ1v) is 10.9. The maximum absolute atomic E-state index is 14.8. The topological polar surface area (TPSA) is 95.1 Å². The van der Waals surface area contributed by atoms with E-state index < -0.39 is 43.1 Å². The summed E-state index contributed by atoms with van der Waals surface area (Å²) in [7, 11) is 0. The Kier molecular flexibility index (Phi) is 6.15. The number of halogens is 1. The molecular weight excluding hydrogens is 409 g/mol. The van der Waals surface area contributed by atoms with Crippen LogP contribution in [0.4, 0.5) is 4.39 Å². The second-order valence-electron chi connectivity index (χ2n) is 7.44. The standard InChI is InChI=1S/C22H24FNO5S/c1-30-14-7-5-12(6-8-14)9-13-10-24(16-4-2-3-15(23)18(13)16)22-21(28)20(27)19(26)17(11-25)29-22/h2-8,10,17,19-22,25-28H,9,11H2,1H3/t17-,19-,20+,21-,22-/m1/s1. The average Bonchev–Trinajstić information content (AvgIpc) is 3.12. The molecule has 0 aliphatic carbocycles. The van der Waals surface area contributed by atoms with E-state index >= 15 is 0 Å². The third kappa shape index (κ3) is 3.75. The number of fused-ring (bicyclic) bond motifs is 1. The van der Waals surface area contributed by atoms with Gasteiger partial charge in [0.05, 0.1) is 12.1 Å². The Balaban J connectivity index is 1.76. The molecule has 0 unspecified atom stereocenters. The lowest BCUT2D eigenvalue weighted by Crippen LogP contribution is -2.56. The van der Waals surface area contributed by atoms with Gasteiger partial charge in [-0.1, -0.05) is 18.2 Å². The number of aliphatic hydroxyl groups is 4. The van der Waals surface area contributed by atoms with Gasteiger partial charge in [-0.15, -0.1) is 11.8 Å². The molecule has 1 saturated heterocycles. The van der Waals surface area contributed by atoms with Gasteiger partial charge in [0.15, 0.2) is 6.23 Å². The molecule has 5 atom stereocenters. The molecule has 1 fully saturated rings. The molecule has 160 valence electrons. The zero-order valence-corrected chi connectivity index (χ0v) is 17.2. The van der Waals surface area contributed by atoms with Crippen molar-refractivity contribution < 1.29 is 29.6 Å². The van der Waals surface area contributed by atoms with Crippen LogP contribution in [-0.2, 0) is 11.2 Å². The second kappa shape index (κ2) is 8.66. The van der Waals surface area contributed by atoms with Gasteiger partial charge in [0.2, 0.25) is 0 Å². The highest BCUT2D eigenvalue weighted by atomic mass is 32.2. The van der Waals surface area contributed by atoms with Gasteiger partial charge in [-0.05, 0) is 48.1 Å². The highest BCUT2D eigenvalue weighted by Crippen LogP contribution is 2.35. The molecule has 4 N–H and O–H groups in total. The van der Waals surface area contributed by atoms with Crippen LogP contribution in [-0.4, -0.2) is 62.3 Å². The number of hydrogen-bond donors (Lipinski definition) is 4. The van der Waals surface area contributed by atoms with Gasteiger partial charge in [-0.2, -0.15) is 0 Å². The first kappa shape index (κ1) is 21.3. The summed E-state index contributed by atoms with van der Waals surface area (Å²) in [6.45, 7) is -0.524. The third-order valence-electron chi connectivity index (χ3n) is 5.58. The van der Waals surface area contributed by atoms with E-state index in [1.54, 1.807) is 34.7 Å². The van der Waals surface area contributed by atoms with Crippen molar-refractivity contribution in [2.45, 2.75) is 42.0 Å². The molecule has 1 aliphatic rings. The fourth-order valence-corrected chi connectivity index (χ4v) is 4.38. The van der Waals surface area contributed by atoms with Gasteiger partial charge in [-0.3, -0.25) is 0 Å². The number of thioether (sulfide) groups is 1. The van der Waals surface area contributed by atoms with E-state index in [1.165, 1.54) is 6.07 Å². The smallest absolute Gasteiger partial charge is 0.163 e. The van der Waals surface area contributed by atoms with E-state index in [2.05, 4.69) is 0 Å². The Bertz CT molecular complexity index is 1020. The van der Waals surface area contributed by atoms with Crippen molar-refractivity contribution in [3.63, 3.8) is 0 Å². The lowest BCUT2D eigenvalue weighted by atomic mass is 9.98. The van der Waals surface area contributed by atoms with Crippen LogP contribution < -0.4 is 0 Å². The maximum atomic E-state index is 14.8. The number of benzene rings is 2. The molecule has 0 spiro atoms. The average molecular weight is 434 g/mol. The minimum Gasteiger partial charge on any atom is -0.394 e. The molecule has 2 heterocycles. The maximum Gasteiger partial charge on any atom is 0.163 e. The predicted molar refractivity (Wildman–Crippen MR) is 112 cm³/mol. The van der Waals surface area contributed by atoms with Crippen LogP contribution in [0.5, 0.6) is 0 Å². The largest absolute Gasteiger partial charge is 0.394 e. The highest BCUT2D eigenvalue weighted by Gasteiger charge is 2.44. The lowest BCUT2D eigenvalue weighted by molar-refractivity contribution is -0.250. The molecule has 1 aliphatic heterocycles. The number of hydrogen-bond acceptors (Lipinski definition) is 6. The number of aliphatic hydroxyl groups excluding tert-OH is 4. The SMILES string of the molecule is CSc1ccc(Cc2cn([C@@H]3O[C@H](CO)[C@@H](O)[C@H](O)[C@H]3O)c3cccc(F)c23)cc1. The molecule has 6 nitrogen and oxygen atoms in total. The van der Waals surface area contributed by atoms with Gasteiger partial charge in [0.25, 0.3) is 0 Å². The Morgan fingerprint density at radius 1 is 1.03 bits per heavy atom. The summed E-state index contributed by atoms with van der Waals surface area (Å²) in [5, 5.41) is 40.6.